The molecule has 0 radical (unpaired) electrons. The molecule has 4 nitrogen and oxygen atoms in total. The summed E-state index contributed by atoms with van der Waals surface area (Å²) in [4.78, 5) is 16.2. The zero-order valence-electron chi connectivity index (χ0n) is 15.0. The average Bonchev–Trinajstić information content (AvgIpc) is 2.67. The van der Waals surface area contributed by atoms with Crippen molar-refractivity contribution in [2.24, 2.45) is 0 Å². The highest BCUT2D eigenvalue weighted by Crippen LogP contribution is 2.29. The molecule has 0 aliphatic carbocycles. The number of para-hydroxylation sites is 1. The molecule has 0 unspecified atom stereocenters. The van der Waals surface area contributed by atoms with Crippen molar-refractivity contribution in [2.45, 2.75) is 19.0 Å². The van der Waals surface area contributed by atoms with Crippen LogP contribution in [0.3, 0.4) is 0 Å². The third kappa shape index (κ3) is 5.22. The fourth-order valence-electron chi connectivity index (χ4n) is 2.78. The zero-order valence-corrected chi connectivity index (χ0v) is 15.0. The number of fused-ring (bicyclic) bond motifs is 1. The summed E-state index contributed by atoms with van der Waals surface area (Å²) in [5.41, 5.74) is 0.346. The fourth-order valence-corrected chi connectivity index (χ4v) is 2.78. The Kier molecular flexibility index (Phi) is 6.13. The molecule has 0 saturated heterocycles. The molecule has 28 heavy (non-hydrogen) atoms. The SMILES string of the molecule is O=C(Cc1cccc(C(F)(F)F)c1)NCCCOc1cccc2cccnc12. The van der Waals surface area contributed by atoms with Gasteiger partial charge in [0.15, 0.2) is 0 Å². The van der Waals surface area contributed by atoms with Gasteiger partial charge in [-0.25, -0.2) is 0 Å². The molecule has 0 aliphatic rings. The highest BCUT2D eigenvalue weighted by atomic mass is 19.4. The Morgan fingerprint density at radius 3 is 2.68 bits per heavy atom. The Hall–Kier alpha value is -3.09. The van der Waals surface area contributed by atoms with Crippen LogP contribution in [0.15, 0.2) is 60.8 Å². The first-order valence-corrected chi connectivity index (χ1v) is 8.83. The number of benzene rings is 2. The quantitative estimate of drug-likeness (QED) is 0.611. The summed E-state index contributed by atoms with van der Waals surface area (Å²) in [6, 6.07) is 14.3. The van der Waals surface area contributed by atoms with Gasteiger partial charge in [0.2, 0.25) is 5.91 Å². The van der Waals surface area contributed by atoms with Gasteiger partial charge in [-0.2, -0.15) is 13.2 Å². The molecule has 0 spiro atoms. The van der Waals surface area contributed by atoms with Crippen LogP contribution in [0.4, 0.5) is 13.2 Å². The van der Waals surface area contributed by atoms with E-state index >= 15 is 0 Å². The standard InChI is InChI=1S/C21H19F3N2O2/c22-21(23,24)17-8-1-5-15(13-17)14-19(27)25-11-4-12-28-18-9-2-6-16-7-3-10-26-20(16)18/h1-3,5-10,13H,4,11-12,14H2,(H,25,27). The Bertz CT molecular complexity index is 952. The normalized spacial score (nSPS) is 11.4. The van der Waals surface area contributed by atoms with E-state index in [1.54, 1.807) is 6.20 Å². The lowest BCUT2D eigenvalue weighted by molar-refractivity contribution is -0.137. The molecule has 1 aromatic heterocycles. The fraction of sp³-hybridized carbons (Fsp3) is 0.238. The summed E-state index contributed by atoms with van der Waals surface area (Å²) in [5, 5.41) is 3.68. The van der Waals surface area contributed by atoms with Crippen molar-refractivity contribution >= 4 is 16.8 Å². The number of ether oxygens (including phenoxy) is 1. The van der Waals surface area contributed by atoms with E-state index in [-0.39, 0.29) is 12.3 Å². The van der Waals surface area contributed by atoms with E-state index in [4.69, 9.17) is 4.74 Å². The van der Waals surface area contributed by atoms with E-state index in [1.165, 1.54) is 12.1 Å². The molecule has 1 amide bonds. The van der Waals surface area contributed by atoms with Crippen LogP contribution < -0.4 is 10.1 Å². The minimum atomic E-state index is -4.42. The lowest BCUT2D eigenvalue weighted by atomic mass is 10.1. The van der Waals surface area contributed by atoms with Crippen LogP contribution in [0.1, 0.15) is 17.5 Å². The summed E-state index contributed by atoms with van der Waals surface area (Å²) in [6.07, 6.45) is -2.25. The number of halogens is 3. The monoisotopic (exact) mass is 388 g/mol. The minimum absolute atomic E-state index is 0.0992. The maximum Gasteiger partial charge on any atom is 0.416 e. The Balaban J connectivity index is 1.43. The van der Waals surface area contributed by atoms with Gasteiger partial charge in [-0.1, -0.05) is 36.4 Å². The predicted octanol–water partition coefficient (Wildman–Crippen LogP) is 4.38. The third-order valence-electron chi connectivity index (χ3n) is 4.12. The van der Waals surface area contributed by atoms with Gasteiger partial charge in [0, 0.05) is 18.1 Å². The number of alkyl halides is 3. The van der Waals surface area contributed by atoms with Crippen molar-refractivity contribution in [3.8, 4) is 5.75 Å². The lowest BCUT2D eigenvalue weighted by Gasteiger charge is -2.10. The number of nitrogens with one attached hydrogen (secondary N) is 1. The minimum Gasteiger partial charge on any atom is -0.491 e. The number of hydrogen-bond donors (Lipinski definition) is 1. The zero-order chi connectivity index (χ0) is 20.0. The summed E-state index contributed by atoms with van der Waals surface area (Å²) in [6.45, 7) is 0.759. The highest BCUT2D eigenvalue weighted by Gasteiger charge is 2.30. The second-order valence-electron chi connectivity index (χ2n) is 6.26. The number of amides is 1. The maximum absolute atomic E-state index is 12.7. The molecule has 0 aliphatic heterocycles. The van der Waals surface area contributed by atoms with Gasteiger partial charge in [0.1, 0.15) is 11.3 Å². The van der Waals surface area contributed by atoms with E-state index in [2.05, 4.69) is 10.3 Å². The molecule has 7 heteroatoms. The number of aromatic nitrogens is 1. The van der Waals surface area contributed by atoms with Crippen LogP contribution in [-0.4, -0.2) is 24.0 Å². The molecule has 3 aromatic rings. The highest BCUT2D eigenvalue weighted by molar-refractivity contribution is 5.84. The summed E-state index contributed by atoms with van der Waals surface area (Å²) in [5.74, 6) is 0.347. The Labute approximate surface area is 160 Å². The van der Waals surface area contributed by atoms with Crippen LogP contribution in [0.25, 0.3) is 10.9 Å². The van der Waals surface area contributed by atoms with Crippen LogP contribution >= 0.6 is 0 Å². The molecule has 0 atom stereocenters. The summed E-state index contributed by atoms with van der Waals surface area (Å²) in [7, 11) is 0. The largest absolute Gasteiger partial charge is 0.491 e. The van der Waals surface area contributed by atoms with Crippen molar-refractivity contribution < 1.29 is 22.7 Å². The molecule has 3 rings (SSSR count). The summed E-state index contributed by atoms with van der Waals surface area (Å²) < 4.78 is 43.9. The molecular weight excluding hydrogens is 369 g/mol. The molecule has 1 N–H and O–H groups in total. The van der Waals surface area contributed by atoms with E-state index in [9.17, 15) is 18.0 Å². The van der Waals surface area contributed by atoms with Gasteiger partial charge >= 0.3 is 6.18 Å². The van der Waals surface area contributed by atoms with Crippen molar-refractivity contribution in [1.29, 1.82) is 0 Å². The molecule has 0 fully saturated rings. The first-order valence-electron chi connectivity index (χ1n) is 8.83. The van der Waals surface area contributed by atoms with Crippen molar-refractivity contribution in [1.82, 2.24) is 10.3 Å². The van der Waals surface area contributed by atoms with Gasteiger partial charge in [-0.05, 0) is 30.2 Å². The lowest BCUT2D eigenvalue weighted by Crippen LogP contribution is -2.27. The average molecular weight is 388 g/mol. The van der Waals surface area contributed by atoms with Crippen molar-refractivity contribution in [3.05, 3.63) is 71.9 Å². The molecule has 0 saturated carbocycles. The number of pyridine rings is 1. The number of hydrogen-bond acceptors (Lipinski definition) is 3. The first-order chi connectivity index (χ1) is 13.4. The van der Waals surface area contributed by atoms with Gasteiger partial charge in [-0.15, -0.1) is 0 Å². The van der Waals surface area contributed by atoms with E-state index < -0.39 is 11.7 Å². The van der Waals surface area contributed by atoms with E-state index in [0.717, 1.165) is 23.0 Å². The molecular formula is C21H19F3N2O2. The molecule has 146 valence electrons. The molecule has 1 heterocycles. The number of rotatable bonds is 7. The van der Waals surface area contributed by atoms with E-state index in [1.807, 2.05) is 30.3 Å². The van der Waals surface area contributed by atoms with Gasteiger partial charge < -0.3 is 10.1 Å². The number of carbonyl (C=O) groups is 1. The van der Waals surface area contributed by atoms with Crippen LogP contribution in [0, 0.1) is 0 Å². The smallest absolute Gasteiger partial charge is 0.416 e. The van der Waals surface area contributed by atoms with Gasteiger partial charge in [0.05, 0.1) is 18.6 Å². The van der Waals surface area contributed by atoms with Crippen molar-refractivity contribution in [2.75, 3.05) is 13.2 Å². The number of carbonyl (C=O) groups excluding carboxylic acids is 1. The van der Waals surface area contributed by atoms with Crippen molar-refractivity contribution in [3.63, 3.8) is 0 Å². The predicted molar refractivity (Wildman–Crippen MR) is 100 cm³/mol. The second-order valence-corrected chi connectivity index (χ2v) is 6.26. The molecule has 2 aromatic carbocycles. The van der Waals surface area contributed by atoms with Crippen LogP contribution in [0.5, 0.6) is 5.75 Å². The van der Waals surface area contributed by atoms with Gasteiger partial charge in [0.25, 0.3) is 0 Å². The van der Waals surface area contributed by atoms with Gasteiger partial charge in [-0.3, -0.25) is 9.78 Å². The van der Waals surface area contributed by atoms with Crippen LogP contribution in [0.2, 0.25) is 0 Å². The first kappa shape index (κ1) is 19.7. The Morgan fingerprint density at radius 2 is 1.86 bits per heavy atom. The number of nitrogens with zero attached hydrogens (tertiary/aromatic N) is 1. The summed E-state index contributed by atoms with van der Waals surface area (Å²) >= 11 is 0. The maximum atomic E-state index is 12.7. The second kappa shape index (κ2) is 8.73. The van der Waals surface area contributed by atoms with E-state index in [0.29, 0.717) is 30.9 Å². The van der Waals surface area contributed by atoms with Crippen LogP contribution in [-0.2, 0) is 17.4 Å². The third-order valence-corrected chi connectivity index (χ3v) is 4.12. The molecule has 0 bridgehead atoms. The topological polar surface area (TPSA) is 51.2 Å². The Morgan fingerprint density at radius 1 is 1.07 bits per heavy atom.